The number of nitrogens with one attached hydrogen (secondary N) is 2. The van der Waals surface area contributed by atoms with Crippen LogP contribution in [0.4, 0.5) is 30.6 Å². The number of rotatable bonds is 5. The minimum Gasteiger partial charge on any atom is -0.351 e. The molecule has 7 nitrogen and oxygen atoms in total. The van der Waals surface area contributed by atoms with Gasteiger partial charge in [0.05, 0.1) is 11.9 Å². The van der Waals surface area contributed by atoms with Crippen molar-refractivity contribution in [1.29, 1.82) is 0 Å². The van der Waals surface area contributed by atoms with Crippen molar-refractivity contribution < 1.29 is 13.2 Å². The lowest BCUT2D eigenvalue weighted by Crippen LogP contribution is -2.33. The summed E-state index contributed by atoms with van der Waals surface area (Å²) < 4.78 is 40.9. The normalized spacial score (nSPS) is 22.1. The lowest BCUT2D eigenvalue weighted by Gasteiger charge is -2.27. The fourth-order valence-corrected chi connectivity index (χ4v) is 4.84. The highest BCUT2D eigenvalue weighted by Gasteiger charge is 2.30. The molecule has 0 aliphatic heterocycles. The van der Waals surface area contributed by atoms with Gasteiger partial charge in [0.15, 0.2) is 17.0 Å². The van der Waals surface area contributed by atoms with E-state index in [0.29, 0.717) is 29.0 Å². The Hall–Kier alpha value is -2.88. The molecule has 1 aromatic carbocycles. The number of hydrogen-bond donors (Lipinski definition) is 3. The summed E-state index contributed by atoms with van der Waals surface area (Å²) in [6.45, 7) is 0. The molecule has 0 spiro atoms. The van der Waals surface area contributed by atoms with Crippen LogP contribution in [0.5, 0.6) is 0 Å². The lowest BCUT2D eigenvalue weighted by atomic mass is 9.92. The second-order valence-corrected chi connectivity index (χ2v) is 9.11. The number of benzene rings is 1. The highest BCUT2D eigenvalue weighted by Crippen LogP contribution is 2.35. The third-order valence-electron chi connectivity index (χ3n) is 6.72. The Morgan fingerprint density at radius 2 is 1.64 bits per heavy atom. The van der Waals surface area contributed by atoms with Gasteiger partial charge in [-0.3, -0.25) is 0 Å². The molecule has 0 radical (unpaired) electrons. The van der Waals surface area contributed by atoms with Gasteiger partial charge in [-0.2, -0.15) is 23.1 Å². The zero-order valence-electron chi connectivity index (χ0n) is 18.3. The van der Waals surface area contributed by atoms with Crippen LogP contribution in [0.3, 0.4) is 0 Å². The van der Waals surface area contributed by atoms with E-state index in [0.717, 1.165) is 56.3 Å². The Labute approximate surface area is 190 Å². The number of alkyl halides is 3. The SMILES string of the molecule is N[C@H]1CC[C@H](Nc2nc(Nc3ccc(C(F)(F)F)cc3)c3ncn(C4CCCC4)c3n2)CC1. The number of anilines is 3. The van der Waals surface area contributed by atoms with E-state index in [4.69, 9.17) is 10.7 Å². The molecule has 5 rings (SSSR count). The number of aromatic nitrogens is 4. The van der Waals surface area contributed by atoms with Gasteiger partial charge in [-0.15, -0.1) is 0 Å². The number of nitrogens with two attached hydrogens (primary N) is 1. The van der Waals surface area contributed by atoms with Gasteiger partial charge in [-0.05, 0) is 62.8 Å². The van der Waals surface area contributed by atoms with Gasteiger partial charge in [0.1, 0.15) is 0 Å². The summed E-state index contributed by atoms with van der Waals surface area (Å²) in [5.74, 6) is 0.976. The summed E-state index contributed by atoms with van der Waals surface area (Å²) in [4.78, 5) is 14.0. The Bertz CT molecular complexity index is 1100. The Kier molecular flexibility index (Phi) is 5.86. The molecule has 2 aromatic heterocycles. The molecule has 3 aromatic rings. The highest BCUT2D eigenvalue weighted by molar-refractivity contribution is 5.86. The molecule has 0 unspecified atom stereocenters. The maximum atomic E-state index is 12.9. The molecular weight excluding hydrogens is 431 g/mol. The smallest absolute Gasteiger partial charge is 0.351 e. The van der Waals surface area contributed by atoms with Gasteiger partial charge >= 0.3 is 6.18 Å². The molecule has 2 aliphatic rings. The van der Waals surface area contributed by atoms with Crippen molar-refractivity contribution in [2.45, 2.75) is 75.7 Å². The molecular formula is C23H28F3N7. The monoisotopic (exact) mass is 459 g/mol. The zero-order chi connectivity index (χ0) is 23.0. The summed E-state index contributed by atoms with van der Waals surface area (Å²) in [5, 5.41) is 6.61. The van der Waals surface area contributed by atoms with Gasteiger partial charge in [0.2, 0.25) is 5.95 Å². The molecule has 176 valence electrons. The van der Waals surface area contributed by atoms with Crippen molar-refractivity contribution in [3.8, 4) is 0 Å². The van der Waals surface area contributed by atoms with Crippen LogP contribution in [-0.2, 0) is 6.18 Å². The summed E-state index contributed by atoms with van der Waals surface area (Å²) >= 11 is 0. The Morgan fingerprint density at radius 1 is 0.939 bits per heavy atom. The Morgan fingerprint density at radius 3 is 2.30 bits per heavy atom. The van der Waals surface area contributed by atoms with Crippen molar-refractivity contribution in [2.24, 2.45) is 5.73 Å². The molecule has 2 fully saturated rings. The molecule has 10 heteroatoms. The average Bonchev–Trinajstić information content (AvgIpc) is 3.45. The summed E-state index contributed by atoms with van der Waals surface area (Å²) in [6.07, 6.45) is 5.77. The standard InChI is InChI=1S/C23H28F3N7/c24-23(25,26)14-5-9-16(10-6-14)29-20-19-21(33(13-28-19)18-3-1-2-4-18)32-22(31-20)30-17-11-7-15(27)8-12-17/h5-6,9-10,13,15,17-18H,1-4,7-8,11-12,27H2,(H2,29,30,31,32)/t15-,17-. The molecule has 2 saturated carbocycles. The fourth-order valence-electron chi connectivity index (χ4n) is 4.84. The first-order valence-electron chi connectivity index (χ1n) is 11.6. The van der Waals surface area contributed by atoms with Crippen LogP contribution in [-0.4, -0.2) is 31.6 Å². The first kappa shape index (κ1) is 21.9. The minimum atomic E-state index is -4.37. The van der Waals surface area contributed by atoms with Crippen molar-refractivity contribution in [1.82, 2.24) is 19.5 Å². The lowest BCUT2D eigenvalue weighted by molar-refractivity contribution is -0.137. The van der Waals surface area contributed by atoms with Gasteiger partial charge in [-0.1, -0.05) is 12.8 Å². The topological polar surface area (TPSA) is 93.7 Å². The second-order valence-electron chi connectivity index (χ2n) is 9.11. The predicted octanol–water partition coefficient (Wildman–Crippen LogP) is 5.39. The van der Waals surface area contributed by atoms with E-state index in [1.54, 1.807) is 6.33 Å². The van der Waals surface area contributed by atoms with Crippen LogP contribution in [0.15, 0.2) is 30.6 Å². The van der Waals surface area contributed by atoms with Gasteiger partial charge in [-0.25, -0.2) is 4.98 Å². The molecule has 4 N–H and O–H groups in total. The van der Waals surface area contributed by atoms with Gasteiger partial charge in [0, 0.05) is 23.8 Å². The highest BCUT2D eigenvalue weighted by atomic mass is 19.4. The molecule has 2 aliphatic carbocycles. The second kappa shape index (κ2) is 8.81. The van der Waals surface area contributed by atoms with Crippen molar-refractivity contribution >= 4 is 28.6 Å². The van der Waals surface area contributed by atoms with Crippen molar-refractivity contribution in [3.05, 3.63) is 36.2 Å². The van der Waals surface area contributed by atoms with Crippen LogP contribution in [0, 0.1) is 0 Å². The molecule has 0 atom stereocenters. The molecule has 0 saturated heterocycles. The van der Waals surface area contributed by atoms with Crippen molar-refractivity contribution in [3.63, 3.8) is 0 Å². The van der Waals surface area contributed by atoms with Gasteiger partial charge < -0.3 is 20.9 Å². The number of halogens is 3. The Balaban J connectivity index is 1.47. The summed E-state index contributed by atoms with van der Waals surface area (Å²) in [7, 11) is 0. The van der Waals surface area contributed by atoms with E-state index in [1.807, 2.05) is 0 Å². The summed E-state index contributed by atoms with van der Waals surface area (Å²) in [5.41, 5.74) is 7.20. The molecule has 33 heavy (non-hydrogen) atoms. The molecule has 2 heterocycles. The fraction of sp³-hybridized carbons (Fsp3) is 0.522. The molecule has 0 amide bonds. The van der Waals surface area contributed by atoms with Crippen LogP contribution < -0.4 is 16.4 Å². The largest absolute Gasteiger partial charge is 0.416 e. The van der Waals surface area contributed by atoms with Crippen LogP contribution in [0.25, 0.3) is 11.2 Å². The summed E-state index contributed by atoms with van der Waals surface area (Å²) in [6, 6.07) is 5.76. The van der Waals surface area contributed by atoms with Crippen molar-refractivity contribution in [2.75, 3.05) is 10.6 Å². The quantitative estimate of drug-likeness (QED) is 0.474. The first-order valence-corrected chi connectivity index (χ1v) is 11.6. The van der Waals surface area contributed by atoms with E-state index in [-0.39, 0.29) is 12.1 Å². The van der Waals surface area contributed by atoms with E-state index in [9.17, 15) is 13.2 Å². The van der Waals surface area contributed by atoms with E-state index >= 15 is 0 Å². The number of imidazole rings is 1. The van der Waals surface area contributed by atoms with E-state index < -0.39 is 11.7 Å². The minimum absolute atomic E-state index is 0.240. The number of fused-ring (bicyclic) bond motifs is 1. The van der Waals surface area contributed by atoms with Crippen LogP contribution in [0.2, 0.25) is 0 Å². The van der Waals surface area contributed by atoms with E-state index in [2.05, 4.69) is 25.2 Å². The van der Waals surface area contributed by atoms with Crippen LogP contribution in [0.1, 0.15) is 63.0 Å². The third kappa shape index (κ3) is 4.75. The third-order valence-corrected chi connectivity index (χ3v) is 6.72. The first-order chi connectivity index (χ1) is 15.9. The average molecular weight is 460 g/mol. The van der Waals surface area contributed by atoms with Gasteiger partial charge in [0.25, 0.3) is 0 Å². The number of hydrogen-bond acceptors (Lipinski definition) is 6. The van der Waals surface area contributed by atoms with E-state index in [1.165, 1.54) is 25.0 Å². The van der Waals surface area contributed by atoms with Crippen LogP contribution >= 0.6 is 0 Å². The maximum Gasteiger partial charge on any atom is 0.416 e. The zero-order valence-corrected chi connectivity index (χ0v) is 18.3. The number of nitrogens with zero attached hydrogens (tertiary/aromatic N) is 4. The molecule has 0 bridgehead atoms. The maximum absolute atomic E-state index is 12.9. The predicted molar refractivity (Wildman–Crippen MR) is 121 cm³/mol.